The molecule has 0 saturated heterocycles. The van der Waals surface area contributed by atoms with Crippen molar-refractivity contribution < 1.29 is 9.53 Å². The summed E-state index contributed by atoms with van der Waals surface area (Å²) in [7, 11) is 0. The fourth-order valence-electron chi connectivity index (χ4n) is 1.70. The standard InChI is InChI=1S/C15H14Cl2N2O2/c1-2-19-15(20)9-3-5-12(18)14(7-9)21-13-6-4-10(16)8-11(13)17/h3-8H,2,18H2,1H3,(H,19,20). The molecule has 0 bridgehead atoms. The minimum absolute atomic E-state index is 0.190. The number of nitrogen functional groups attached to an aromatic ring is 1. The molecule has 2 aromatic rings. The number of rotatable bonds is 4. The van der Waals surface area contributed by atoms with Gasteiger partial charge in [0, 0.05) is 17.1 Å². The van der Waals surface area contributed by atoms with Crippen molar-refractivity contribution >= 4 is 34.8 Å². The van der Waals surface area contributed by atoms with Crippen LogP contribution in [-0.4, -0.2) is 12.5 Å². The molecule has 21 heavy (non-hydrogen) atoms. The summed E-state index contributed by atoms with van der Waals surface area (Å²) in [5.41, 5.74) is 6.74. The van der Waals surface area contributed by atoms with E-state index >= 15 is 0 Å². The number of amides is 1. The van der Waals surface area contributed by atoms with Gasteiger partial charge < -0.3 is 15.8 Å². The Bertz CT molecular complexity index is 675. The van der Waals surface area contributed by atoms with Gasteiger partial charge in [-0.3, -0.25) is 4.79 Å². The van der Waals surface area contributed by atoms with Crippen LogP contribution < -0.4 is 15.8 Å². The Kier molecular flexibility index (Phi) is 4.94. The number of ether oxygens (including phenoxy) is 1. The van der Waals surface area contributed by atoms with E-state index in [1.54, 1.807) is 36.4 Å². The number of benzene rings is 2. The summed E-state index contributed by atoms with van der Waals surface area (Å²) in [6.07, 6.45) is 0. The zero-order valence-corrected chi connectivity index (χ0v) is 12.8. The van der Waals surface area contributed by atoms with Gasteiger partial charge in [0.1, 0.15) is 5.75 Å². The van der Waals surface area contributed by atoms with Crippen LogP contribution in [0.4, 0.5) is 5.69 Å². The highest BCUT2D eigenvalue weighted by Gasteiger charge is 2.11. The van der Waals surface area contributed by atoms with Crippen LogP contribution in [0.2, 0.25) is 10.0 Å². The number of nitrogens with two attached hydrogens (primary N) is 1. The zero-order valence-electron chi connectivity index (χ0n) is 11.3. The molecule has 0 spiro atoms. The van der Waals surface area contributed by atoms with E-state index in [1.165, 1.54) is 0 Å². The van der Waals surface area contributed by atoms with Crippen molar-refractivity contribution in [3.63, 3.8) is 0 Å². The second kappa shape index (κ2) is 6.70. The monoisotopic (exact) mass is 324 g/mol. The minimum atomic E-state index is -0.190. The van der Waals surface area contributed by atoms with E-state index in [2.05, 4.69) is 5.32 Å². The van der Waals surface area contributed by atoms with Crippen molar-refractivity contribution in [3.8, 4) is 11.5 Å². The topological polar surface area (TPSA) is 64.4 Å². The highest BCUT2D eigenvalue weighted by atomic mass is 35.5. The van der Waals surface area contributed by atoms with Gasteiger partial charge in [0.2, 0.25) is 0 Å². The Morgan fingerprint density at radius 1 is 1.19 bits per heavy atom. The third-order valence-corrected chi connectivity index (χ3v) is 3.26. The normalized spacial score (nSPS) is 10.2. The summed E-state index contributed by atoms with van der Waals surface area (Å²) < 4.78 is 5.67. The summed E-state index contributed by atoms with van der Waals surface area (Å²) in [6, 6.07) is 9.70. The molecule has 0 atom stereocenters. The minimum Gasteiger partial charge on any atom is -0.454 e. The number of carbonyl (C=O) groups is 1. The maximum atomic E-state index is 11.8. The van der Waals surface area contributed by atoms with Crippen molar-refractivity contribution in [2.75, 3.05) is 12.3 Å². The van der Waals surface area contributed by atoms with Gasteiger partial charge >= 0.3 is 0 Å². The lowest BCUT2D eigenvalue weighted by Gasteiger charge is -2.11. The average molecular weight is 325 g/mol. The SMILES string of the molecule is CCNC(=O)c1ccc(N)c(Oc2ccc(Cl)cc2Cl)c1. The Morgan fingerprint density at radius 3 is 2.62 bits per heavy atom. The van der Waals surface area contributed by atoms with Crippen LogP contribution in [-0.2, 0) is 0 Å². The Hall–Kier alpha value is -1.91. The van der Waals surface area contributed by atoms with Crippen LogP contribution in [0.3, 0.4) is 0 Å². The fourth-order valence-corrected chi connectivity index (χ4v) is 2.15. The molecule has 2 aromatic carbocycles. The van der Waals surface area contributed by atoms with Crippen molar-refractivity contribution in [1.29, 1.82) is 0 Å². The smallest absolute Gasteiger partial charge is 0.251 e. The van der Waals surface area contributed by atoms with Crippen LogP contribution >= 0.6 is 23.2 Å². The fraction of sp³-hybridized carbons (Fsp3) is 0.133. The second-order valence-corrected chi connectivity index (χ2v) is 5.13. The van der Waals surface area contributed by atoms with Crippen LogP contribution in [0.15, 0.2) is 36.4 Å². The number of hydrogen-bond donors (Lipinski definition) is 2. The van der Waals surface area contributed by atoms with E-state index in [0.717, 1.165) is 0 Å². The van der Waals surface area contributed by atoms with Crippen molar-refractivity contribution in [1.82, 2.24) is 5.32 Å². The quantitative estimate of drug-likeness (QED) is 0.831. The molecule has 0 aliphatic heterocycles. The van der Waals surface area contributed by atoms with Gasteiger partial charge in [0.15, 0.2) is 5.75 Å². The molecular weight excluding hydrogens is 311 g/mol. The number of anilines is 1. The molecule has 0 unspecified atom stereocenters. The molecule has 0 aromatic heterocycles. The molecular formula is C15H14Cl2N2O2. The van der Waals surface area contributed by atoms with Gasteiger partial charge in [0.05, 0.1) is 10.7 Å². The van der Waals surface area contributed by atoms with Gasteiger partial charge in [0.25, 0.3) is 5.91 Å². The number of carbonyl (C=O) groups excluding carboxylic acids is 1. The van der Waals surface area contributed by atoms with Gasteiger partial charge in [-0.1, -0.05) is 23.2 Å². The van der Waals surface area contributed by atoms with Gasteiger partial charge in [-0.05, 0) is 43.3 Å². The number of halogens is 2. The third-order valence-electron chi connectivity index (χ3n) is 2.73. The molecule has 6 heteroatoms. The summed E-state index contributed by atoms with van der Waals surface area (Å²) in [6.45, 7) is 2.39. The molecule has 0 aliphatic rings. The summed E-state index contributed by atoms with van der Waals surface area (Å²) in [5.74, 6) is 0.591. The average Bonchev–Trinajstić information content (AvgIpc) is 2.44. The zero-order chi connectivity index (χ0) is 15.4. The molecule has 0 saturated carbocycles. The van der Waals surface area contributed by atoms with E-state index < -0.39 is 0 Å². The van der Waals surface area contributed by atoms with Crippen LogP contribution in [0, 0.1) is 0 Å². The lowest BCUT2D eigenvalue weighted by Crippen LogP contribution is -2.22. The number of hydrogen-bond acceptors (Lipinski definition) is 3. The molecule has 0 radical (unpaired) electrons. The third kappa shape index (κ3) is 3.80. The Labute approximate surface area is 132 Å². The molecule has 4 nitrogen and oxygen atoms in total. The summed E-state index contributed by atoms with van der Waals surface area (Å²) >= 11 is 11.9. The first kappa shape index (κ1) is 15.5. The first-order chi connectivity index (χ1) is 10.0. The highest BCUT2D eigenvalue weighted by Crippen LogP contribution is 2.34. The van der Waals surface area contributed by atoms with Crippen LogP contribution in [0.5, 0.6) is 11.5 Å². The van der Waals surface area contributed by atoms with Crippen molar-refractivity contribution in [2.45, 2.75) is 6.92 Å². The first-order valence-corrected chi connectivity index (χ1v) is 7.07. The maximum Gasteiger partial charge on any atom is 0.251 e. The molecule has 0 heterocycles. The van der Waals surface area contributed by atoms with Gasteiger partial charge in [-0.25, -0.2) is 0 Å². The number of nitrogens with one attached hydrogen (secondary N) is 1. The Balaban J connectivity index is 2.30. The van der Waals surface area contributed by atoms with E-state index in [0.29, 0.717) is 39.3 Å². The van der Waals surface area contributed by atoms with Crippen molar-refractivity contribution in [2.24, 2.45) is 0 Å². The van der Waals surface area contributed by atoms with Crippen LogP contribution in [0.25, 0.3) is 0 Å². The van der Waals surface area contributed by atoms with E-state index in [-0.39, 0.29) is 5.91 Å². The molecule has 0 fully saturated rings. The van der Waals surface area contributed by atoms with Crippen molar-refractivity contribution in [3.05, 3.63) is 52.0 Å². The maximum absolute atomic E-state index is 11.8. The lowest BCUT2D eigenvalue weighted by molar-refractivity contribution is 0.0955. The molecule has 0 aliphatic carbocycles. The van der Waals surface area contributed by atoms with Gasteiger partial charge in [-0.15, -0.1) is 0 Å². The highest BCUT2D eigenvalue weighted by molar-refractivity contribution is 6.35. The lowest BCUT2D eigenvalue weighted by atomic mass is 10.1. The molecule has 3 N–H and O–H groups in total. The van der Waals surface area contributed by atoms with E-state index in [9.17, 15) is 4.79 Å². The molecule has 1 amide bonds. The molecule has 2 rings (SSSR count). The van der Waals surface area contributed by atoms with Gasteiger partial charge in [-0.2, -0.15) is 0 Å². The largest absolute Gasteiger partial charge is 0.454 e. The summed E-state index contributed by atoms with van der Waals surface area (Å²) in [5, 5.41) is 3.59. The predicted octanol–water partition coefficient (Wildman–Crippen LogP) is 4.12. The predicted molar refractivity (Wildman–Crippen MR) is 85.4 cm³/mol. The molecule has 110 valence electrons. The Morgan fingerprint density at radius 2 is 1.95 bits per heavy atom. The summed E-state index contributed by atoms with van der Waals surface area (Å²) in [4.78, 5) is 11.8. The first-order valence-electron chi connectivity index (χ1n) is 6.32. The second-order valence-electron chi connectivity index (χ2n) is 4.29. The van der Waals surface area contributed by atoms with Crippen LogP contribution in [0.1, 0.15) is 17.3 Å². The van der Waals surface area contributed by atoms with E-state index in [1.807, 2.05) is 6.92 Å². The van der Waals surface area contributed by atoms with E-state index in [4.69, 9.17) is 33.7 Å².